The number of hydrogen-bond donors (Lipinski definition) is 3. The van der Waals surface area contributed by atoms with Crippen molar-refractivity contribution in [2.45, 2.75) is 6.10 Å². The number of rotatable bonds is 3. The Morgan fingerprint density at radius 2 is 2.41 bits per heavy atom. The van der Waals surface area contributed by atoms with E-state index >= 15 is 0 Å². The molecule has 3 N–H and O–H groups in total. The zero-order valence-electron chi connectivity index (χ0n) is 9.06. The van der Waals surface area contributed by atoms with Gasteiger partial charge in [0.05, 0.1) is 17.7 Å². The third-order valence-corrected chi connectivity index (χ3v) is 3.16. The molecule has 1 aromatic rings. The average Bonchev–Trinajstić information content (AvgIpc) is 2.68. The van der Waals surface area contributed by atoms with Crippen molar-refractivity contribution in [2.75, 3.05) is 26.2 Å². The monoisotopic (exact) mass is 277 g/mol. The van der Waals surface area contributed by atoms with Crippen LogP contribution in [0.15, 0.2) is 6.07 Å². The topological polar surface area (TPSA) is 66.2 Å². The molecule has 0 spiro atoms. The number of carbonyl (C=O) groups is 1. The first kappa shape index (κ1) is 12.7. The molecular weight excluding hydrogens is 265 g/mol. The quantitative estimate of drug-likeness (QED) is 0.774. The van der Waals surface area contributed by atoms with E-state index in [1.807, 2.05) is 0 Å². The Morgan fingerprint density at radius 3 is 3.00 bits per heavy atom. The molecule has 1 fully saturated rings. The number of carbonyl (C=O) groups excluding carboxylic acids is 1. The van der Waals surface area contributed by atoms with Gasteiger partial charge in [0.2, 0.25) is 0 Å². The summed E-state index contributed by atoms with van der Waals surface area (Å²) in [7, 11) is 0. The Hall–Kier alpha value is -0.750. The first-order valence-electron chi connectivity index (χ1n) is 5.31. The van der Waals surface area contributed by atoms with Gasteiger partial charge in [0.25, 0.3) is 5.91 Å². The van der Waals surface area contributed by atoms with E-state index in [2.05, 4.69) is 15.6 Å². The summed E-state index contributed by atoms with van der Waals surface area (Å²) in [5, 5.41) is 6.55. The molecule has 2 heterocycles. The minimum absolute atomic E-state index is 0.00797. The van der Waals surface area contributed by atoms with E-state index in [9.17, 15) is 4.79 Å². The molecule has 5 nitrogen and oxygen atoms in total. The molecule has 94 valence electrons. The molecule has 2 rings (SSSR count). The predicted molar refractivity (Wildman–Crippen MR) is 65.8 cm³/mol. The normalized spacial score (nSPS) is 20.2. The highest BCUT2D eigenvalue weighted by molar-refractivity contribution is 6.41. The largest absolute Gasteiger partial charge is 0.374 e. The number of H-pyrrole nitrogens is 1. The standard InChI is InChI=1S/C10H13Cl2N3O2/c11-7-3-8(15-9(7)12)10(16)14-5-6-4-13-1-2-17-6/h3,6,13,15H,1-2,4-5H2,(H,14,16). The van der Waals surface area contributed by atoms with E-state index in [0.717, 1.165) is 13.1 Å². The molecule has 0 radical (unpaired) electrons. The Balaban J connectivity index is 1.84. The lowest BCUT2D eigenvalue weighted by molar-refractivity contribution is 0.0287. The van der Waals surface area contributed by atoms with Gasteiger partial charge in [0.15, 0.2) is 0 Å². The fourth-order valence-electron chi connectivity index (χ4n) is 1.58. The Kier molecular flexibility index (Phi) is 4.28. The Labute approximate surface area is 109 Å². The van der Waals surface area contributed by atoms with Crippen LogP contribution in [0.1, 0.15) is 10.5 Å². The van der Waals surface area contributed by atoms with Crippen LogP contribution >= 0.6 is 23.2 Å². The van der Waals surface area contributed by atoms with Gasteiger partial charge >= 0.3 is 0 Å². The van der Waals surface area contributed by atoms with Gasteiger partial charge in [-0.15, -0.1) is 0 Å². The second-order valence-corrected chi connectivity index (χ2v) is 4.54. The van der Waals surface area contributed by atoms with Gasteiger partial charge < -0.3 is 20.4 Å². The number of hydrogen-bond acceptors (Lipinski definition) is 3. The first-order chi connectivity index (χ1) is 8.16. The third-order valence-electron chi connectivity index (χ3n) is 2.46. The van der Waals surface area contributed by atoms with Crippen LogP contribution < -0.4 is 10.6 Å². The molecule has 1 amide bonds. The number of morpholine rings is 1. The maximum absolute atomic E-state index is 11.7. The van der Waals surface area contributed by atoms with Gasteiger partial charge in [0, 0.05) is 19.6 Å². The molecule has 7 heteroatoms. The summed E-state index contributed by atoms with van der Waals surface area (Å²) in [5.74, 6) is -0.243. The van der Waals surface area contributed by atoms with E-state index in [-0.39, 0.29) is 17.2 Å². The van der Waals surface area contributed by atoms with E-state index in [0.29, 0.717) is 23.9 Å². The van der Waals surface area contributed by atoms with E-state index in [1.165, 1.54) is 6.07 Å². The molecule has 1 atom stereocenters. The zero-order valence-corrected chi connectivity index (χ0v) is 10.6. The van der Waals surface area contributed by atoms with E-state index in [4.69, 9.17) is 27.9 Å². The van der Waals surface area contributed by atoms with Crippen molar-refractivity contribution < 1.29 is 9.53 Å². The summed E-state index contributed by atoms with van der Waals surface area (Å²) in [4.78, 5) is 14.4. The fraction of sp³-hybridized carbons (Fsp3) is 0.500. The minimum Gasteiger partial charge on any atom is -0.374 e. The zero-order chi connectivity index (χ0) is 12.3. The summed E-state index contributed by atoms with van der Waals surface area (Å²) in [6.45, 7) is 2.72. The molecular formula is C10H13Cl2N3O2. The van der Waals surface area contributed by atoms with Crippen molar-refractivity contribution in [3.05, 3.63) is 21.9 Å². The lowest BCUT2D eigenvalue weighted by Crippen LogP contribution is -2.45. The molecule has 1 aromatic heterocycles. The maximum atomic E-state index is 11.7. The van der Waals surface area contributed by atoms with Crippen molar-refractivity contribution in [1.29, 1.82) is 0 Å². The highest BCUT2D eigenvalue weighted by Gasteiger charge is 2.16. The number of halogens is 2. The lowest BCUT2D eigenvalue weighted by Gasteiger charge is -2.23. The van der Waals surface area contributed by atoms with E-state index in [1.54, 1.807) is 0 Å². The van der Waals surface area contributed by atoms with Crippen molar-refractivity contribution in [3.8, 4) is 0 Å². The van der Waals surface area contributed by atoms with Crippen molar-refractivity contribution in [3.63, 3.8) is 0 Å². The molecule has 0 aliphatic carbocycles. The molecule has 1 aliphatic rings. The second-order valence-electron chi connectivity index (χ2n) is 3.75. The number of amides is 1. The number of ether oxygens (including phenoxy) is 1. The number of nitrogens with one attached hydrogen (secondary N) is 3. The van der Waals surface area contributed by atoms with Gasteiger partial charge in [-0.25, -0.2) is 0 Å². The summed E-state index contributed by atoms with van der Waals surface area (Å²) >= 11 is 11.5. The maximum Gasteiger partial charge on any atom is 0.267 e. The second kappa shape index (κ2) is 5.73. The van der Waals surface area contributed by atoms with Crippen molar-refractivity contribution in [2.24, 2.45) is 0 Å². The van der Waals surface area contributed by atoms with Crippen LogP contribution in [0.2, 0.25) is 10.2 Å². The highest BCUT2D eigenvalue weighted by Crippen LogP contribution is 2.21. The predicted octanol–water partition coefficient (Wildman–Crippen LogP) is 1.04. The fourth-order valence-corrected chi connectivity index (χ4v) is 1.89. The molecule has 1 aliphatic heterocycles. The van der Waals surface area contributed by atoms with Crippen molar-refractivity contribution >= 4 is 29.1 Å². The summed E-state index contributed by atoms with van der Waals surface area (Å²) < 4.78 is 5.45. The molecule has 17 heavy (non-hydrogen) atoms. The van der Waals surface area contributed by atoms with Gasteiger partial charge in [-0.1, -0.05) is 23.2 Å². The van der Waals surface area contributed by atoms with Crippen LogP contribution in [0.25, 0.3) is 0 Å². The van der Waals surface area contributed by atoms with Gasteiger partial charge in [0.1, 0.15) is 10.8 Å². The Morgan fingerprint density at radius 1 is 1.59 bits per heavy atom. The van der Waals surface area contributed by atoms with Gasteiger partial charge in [-0.2, -0.15) is 0 Å². The van der Waals surface area contributed by atoms with Crippen LogP contribution in [-0.2, 0) is 4.74 Å². The SMILES string of the molecule is O=C(NCC1CNCCO1)c1cc(Cl)c(Cl)[nH]1. The van der Waals surface area contributed by atoms with Gasteiger partial charge in [-0.3, -0.25) is 4.79 Å². The molecule has 1 unspecified atom stereocenters. The molecule has 0 saturated carbocycles. The molecule has 1 saturated heterocycles. The van der Waals surface area contributed by atoms with Gasteiger partial charge in [-0.05, 0) is 6.07 Å². The Bertz CT molecular complexity index is 383. The summed E-state index contributed by atoms with van der Waals surface area (Å²) in [5.41, 5.74) is 0.351. The first-order valence-corrected chi connectivity index (χ1v) is 6.07. The highest BCUT2D eigenvalue weighted by atomic mass is 35.5. The van der Waals surface area contributed by atoms with Crippen LogP contribution in [0.3, 0.4) is 0 Å². The molecule has 0 bridgehead atoms. The van der Waals surface area contributed by atoms with Crippen LogP contribution in [0.4, 0.5) is 0 Å². The number of aromatic nitrogens is 1. The average molecular weight is 278 g/mol. The third kappa shape index (κ3) is 3.35. The smallest absolute Gasteiger partial charge is 0.267 e. The van der Waals surface area contributed by atoms with Crippen molar-refractivity contribution in [1.82, 2.24) is 15.6 Å². The number of aromatic amines is 1. The summed E-state index contributed by atoms with van der Waals surface area (Å²) in [6, 6.07) is 1.50. The minimum atomic E-state index is -0.243. The van der Waals surface area contributed by atoms with Crippen LogP contribution in [0, 0.1) is 0 Å². The van der Waals surface area contributed by atoms with Crippen LogP contribution in [0.5, 0.6) is 0 Å². The van der Waals surface area contributed by atoms with E-state index < -0.39 is 0 Å². The molecule has 0 aromatic carbocycles. The lowest BCUT2D eigenvalue weighted by atomic mass is 10.3. The summed E-state index contributed by atoms with van der Waals surface area (Å²) in [6.07, 6.45) is 0.00797. The van der Waals surface area contributed by atoms with Crippen LogP contribution in [-0.4, -0.2) is 43.2 Å².